The molecule has 2 rings (SSSR count). The van der Waals surface area contributed by atoms with Crippen molar-refractivity contribution >= 4 is 5.95 Å². The van der Waals surface area contributed by atoms with E-state index in [1.165, 1.54) is 0 Å². The van der Waals surface area contributed by atoms with Crippen molar-refractivity contribution < 1.29 is 4.74 Å². The van der Waals surface area contributed by atoms with Gasteiger partial charge < -0.3 is 10.5 Å². The Kier molecular flexibility index (Phi) is 2.72. The van der Waals surface area contributed by atoms with E-state index in [-0.39, 0.29) is 5.95 Å². The van der Waals surface area contributed by atoms with E-state index in [0.29, 0.717) is 0 Å². The van der Waals surface area contributed by atoms with Gasteiger partial charge in [-0.1, -0.05) is 6.07 Å². The minimum absolute atomic E-state index is 0.264. The number of ether oxygens (including phenoxy) is 1. The lowest BCUT2D eigenvalue weighted by atomic mass is 10.1. The standard InChI is InChI=1S/C12H13N3O/c1-8-3-4-9(11(7-8)16-2)10-5-6-14-12(13)15-10/h3-7H,1-2H3,(H2,13,14,15). The number of anilines is 1. The SMILES string of the molecule is COc1cc(C)ccc1-c1ccnc(N)n1. The summed E-state index contributed by atoms with van der Waals surface area (Å²) in [5.74, 6) is 1.05. The molecule has 0 spiro atoms. The fourth-order valence-corrected chi connectivity index (χ4v) is 1.53. The summed E-state index contributed by atoms with van der Waals surface area (Å²) in [4.78, 5) is 8.03. The van der Waals surface area contributed by atoms with E-state index in [1.54, 1.807) is 13.3 Å². The monoisotopic (exact) mass is 215 g/mol. The molecule has 0 bridgehead atoms. The van der Waals surface area contributed by atoms with Gasteiger partial charge in [0.25, 0.3) is 0 Å². The van der Waals surface area contributed by atoms with E-state index >= 15 is 0 Å². The van der Waals surface area contributed by atoms with E-state index in [9.17, 15) is 0 Å². The van der Waals surface area contributed by atoms with Crippen LogP contribution in [0.5, 0.6) is 5.75 Å². The van der Waals surface area contributed by atoms with Crippen molar-refractivity contribution in [2.45, 2.75) is 6.92 Å². The fraction of sp³-hybridized carbons (Fsp3) is 0.167. The summed E-state index contributed by atoms with van der Waals surface area (Å²) in [5, 5.41) is 0. The third kappa shape index (κ3) is 1.95. The molecule has 0 aliphatic rings. The van der Waals surface area contributed by atoms with Gasteiger partial charge >= 0.3 is 0 Å². The first-order valence-electron chi connectivity index (χ1n) is 4.94. The molecule has 0 radical (unpaired) electrons. The maximum atomic E-state index is 5.55. The van der Waals surface area contributed by atoms with E-state index in [2.05, 4.69) is 9.97 Å². The minimum Gasteiger partial charge on any atom is -0.496 e. The van der Waals surface area contributed by atoms with Gasteiger partial charge in [-0.3, -0.25) is 0 Å². The van der Waals surface area contributed by atoms with E-state index in [0.717, 1.165) is 22.6 Å². The summed E-state index contributed by atoms with van der Waals surface area (Å²) in [6, 6.07) is 7.75. The Labute approximate surface area is 94.1 Å². The minimum atomic E-state index is 0.264. The highest BCUT2D eigenvalue weighted by molar-refractivity contribution is 5.68. The lowest BCUT2D eigenvalue weighted by molar-refractivity contribution is 0.416. The van der Waals surface area contributed by atoms with Crippen molar-refractivity contribution in [1.82, 2.24) is 9.97 Å². The van der Waals surface area contributed by atoms with Crippen LogP contribution in [0.25, 0.3) is 11.3 Å². The molecule has 2 aromatic rings. The van der Waals surface area contributed by atoms with Gasteiger partial charge in [-0.05, 0) is 30.7 Å². The van der Waals surface area contributed by atoms with Gasteiger partial charge in [0.15, 0.2) is 0 Å². The van der Waals surface area contributed by atoms with Gasteiger partial charge in [-0.15, -0.1) is 0 Å². The summed E-state index contributed by atoms with van der Waals surface area (Å²) in [6.45, 7) is 2.01. The Morgan fingerprint density at radius 1 is 1.25 bits per heavy atom. The first-order valence-corrected chi connectivity index (χ1v) is 4.94. The summed E-state index contributed by atoms with van der Waals surface area (Å²) in [7, 11) is 1.64. The molecule has 0 atom stereocenters. The Morgan fingerprint density at radius 2 is 2.06 bits per heavy atom. The molecule has 1 aromatic heterocycles. The summed E-state index contributed by atoms with van der Waals surface area (Å²) >= 11 is 0. The van der Waals surface area contributed by atoms with Crippen LogP contribution in [0, 0.1) is 6.92 Å². The van der Waals surface area contributed by atoms with Crippen LogP contribution in [0.1, 0.15) is 5.56 Å². The lowest BCUT2D eigenvalue weighted by Crippen LogP contribution is -1.96. The number of nitrogens with two attached hydrogens (primary N) is 1. The number of methoxy groups -OCH3 is 1. The second-order valence-corrected chi connectivity index (χ2v) is 3.50. The largest absolute Gasteiger partial charge is 0.496 e. The predicted molar refractivity (Wildman–Crippen MR) is 63.2 cm³/mol. The molecular formula is C12H13N3O. The normalized spacial score (nSPS) is 10.1. The number of nitrogen functional groups attached to an aromatic ring is 1. The molecule has 2 N–H and O–H groups in total. The molecule has 0 saturated carbocycles. The molecule has 16 heavy (non-hydrogen) atoms. The smallest absolute Gasteiger partial charge is 0.220 e. The van der Waals surface area contributed by atoms with Crippen LogP contribution < -0.4 is 10.5 Å². The average molecular weight is 215 g/mol. The molecule has 4 heteroatoms. The zero-order chi connectivity index (χ0) is 11.5. The number of hydrogen-bond acceptors (Lipinski definition) is 4. The summed E-state index contributed by atoms with van der Waals surface area (Å²) in [6.07, 6.45) is 1.64. The molecule has 0 amide bonds. The van der Waals surface area contributed by atoms with Crippen molar-refractivity contribution in [3.8, 4) is 17.0 Å². The van der Waals surface area contributed by atoms with E-state index < -0.39 is 0 Å². The second-order valence-electron chi connectivity index (χ2n) is 3.50. The van der Waals surface area contributed by atoms with Gasteiger partial charge in [-0.2, -0.15) is 0 Å². The van der Waals surface area contributed by atoms with Gasteiger partial charge in [0.2, 0.25) is 5.95 Å². The Balaban J connectivity index is 2.55. The highest BCUT2D eigenvalue weighted by Crippen LogP contribution is 2.29. The molecular weight excluding hydrogens is 202 g/mol. The molecule has 0 aliphatic carbocycles. The van der Waals surface area contributed by atoms with E-state index in [1.807, 2.05) is 31.2 Å². The number of benzene rings is 1. The fourth-order valence-electron chi connectivity index (χ4n) is 1.53. The molecule has 0 aliphatic heterocycles. The van der Waals surface area contributed by atoms with Gasteiger partial charge in [-0.25, -0.2) is 9.97 Å². The van der Waals surface area contributed by atoms with E-state index in [4.69, 9.17) is 10.5 Å². The van der Waals surface area contributed by atoms with Crippen LogP contribution in [-0.2, 0) is 0 Å². The molecule has 4 nitrogen and oxygen atoms in total. The third-order valence-corrected chi connectivity index (χ3v) is 2.31. The average Bonchev–Trinajstić information content (AvgIpc) is 2.28. The highest BCUT2D eigenvalue weighted by atomic mass is 16.5. The number of nitrogens with zero attached hydrogens (tertiary/aromatic N) is 2. The highest BCUT2D eigenvalue weighted by Gasteiger charge is 2.07. The van der Waals surface area contributed by atoms with Crippen LogP contribution in [0.2, 0.25) is 0 Å². The third-order valence-electron chi connectivity index (χ3n) is 2.31. The Morgan fingerprint density at radius 3 is 2.75 bits per heavy atom. The maximum absolute atomic E-state index is 5.55. The predicted octanol–water partition coefficient (Wildman–Crippen LogP) is 2.04. The maximum Gasteiger partial charge on any atom is 0.220 e. The first kappa shape index (κ1) is 10.4. The number of rotatable bonds is 2. The summed E-state index contributed by atoms with van der Waals surface area (Å²) < 4.78 is 5.32. The van der Waals surface area contributed by atoms with Crippen LogP contribution in [-0.4, -0.2) is 17.1 Å². The van der Waals surface area contributed by atoms with Crippen LogP contribution >= 0.6 is 0 Å². The van der Waals surface area contributed by atoms with Gasteiger partial charge in [0.1, 0.15) is 5.75 Å². The van der Waals surface area contributed by atoms with Crippen LogP contribution in [0.4, 0.5) is 5.95 Å². The lowest BCUT2D eigenvalue weighted by Gasteiger charge is -2.08. The van der Waals surface area contributed by atoms with Crippen molar-refractivity contribution in [2.24, 2.45) is 0 Å². The number of hydrogen-bond donors (Lipinski definition) is 1. The summed E-state index contributed by atoms with van der Waals surface area (Å²) in [5.41, 5.74) is 8.38. The van der Waals surface area contributed by atoms with Crippen molar-refractivity contribution in [2.75, 3.05) is 12.8 Å². The molecule has 82 valence electrons. The van der Waals surface area contributed by atoms with Crippen LogP contribution in [0.15, 0.2) is 30.5 Å². The second kappa shape index (κ2) is 4.18. The topological polar surface area (TPSA) is 61.0 Å². The molecule has 0 unspecified atom stereocenters. The number of aromatic nitrogens is 2. The quantitative estimate of drug-likeness (QED) is 0.832. The zero-order valence-corrected chi connectivity index (χ0v) is 9.27. The van der Waals surface area contributed by atoms with Crippen molar-refractivity contribution in [1.29, 1.82) is 0 Å². The Bertz CT molecular complexity index is 511. The number of aryl methyl sites for hydroxylation is 1. The van der Waals surface area contributed by atoms with Gasteiger partial charge in [0.05, 0.1) is 12.8 Å². The van der Waals surface area contributed by atoms with Crippen LogP contribution in [0.3, 0.4) is 0 Å². The van der Waals surface area contributed by atoms with Crippen molar-refractivity contribution in [3.63, 3.8) is 0 Å². The molecule has 0 saturated heterocycles. The Hall–Kier alpha value is -2.10. The first-order chi connectivity index (χ1) is 7.70. The molecule has 1 aromatic carbocycles. The molecule has 0 fully saturated rings. The zero-order valence-electron chi connectivity index (χ0n) is 9.27. The van der Waals surface area contributed by atoms with Crippen molar-refractivity contribution in [3.05, 3.63) is 36.0 Å². The molecule has 1 heterocycles. The van der Waals surface area contributed by atoms with Gasteiger partial charge in [0, 0.05) is 11.8 Å².